The van der Waals surface area contributed by atoms with Gasteiger partial charge in [-0.15, -0.1) is 0 Å². The zero-order valence-corrected chi connectivity index (χ0v) is 31.1. The molecule has 1 N–H and O–H groups in total. The topological polar surface area (TPSA) is 108 Å². The number of ether oxygens (including phenoxy) is 2. The predicted molar refractivity (Wildman–Crippen MR) is 196 cm³/mol. The fourth-order valence-corrected chi connectivity index (χ4v) is 7.56. The molecule has 1 atom stereocenters. The average Bonchev–Trinajstić information content (AvgIpc) is 3.08. The van der Waals surface area contributed by atoms with Crippen molar-refractivity contribution in [3.63, 3.8) is 0 Å². The maximum atomic E-state index is 13.4. The lowest BCUT2D eigenvalue weighted by Gasteiger charge is -2.40. The molecule has 1 amide bonds. The highest BCUT2D eigenvalue weighted by atomic mass is 16.5. The molecule has 1 aromatic heterocycles. The van der Waals surface area contributed by atoms with E-state index in [9.17, 15) is 20.0 Å². The second-order valence-electron chi connectivity index (χ2n) is 15.2. The van der Waals surface area contributed by atoms with Crippen LogP contribution in [0, 0.1) is 30.6 Å². The number of aliphatic hydroxyl groups is 1. The monoisotopic (exact) mass is 680 g/mol. The molecular weight excluding hydrogens is 628 g/mol. The summed E-state index contributed by atoms with van der Waals surface area (Å²) in [4.78, 5) is 30.0. The fourth-order valence-electron chi connectivity index (χ4n) is 7.56. The molecule has 0 radical (unpaired) electrons. The van der Waals surface area contributed by atoms with Crippen molar-refractivity contribution in [3.05, 3.63) is 91.9 Å². The van der Waals surface area contributed by atoms with Crippen LogP contribution in [0.3, 0.4) is 0 Å². The highest BCUT2D eigenvalue weighted by molar-refractivity contribution is 5.97. The van der Waals surface area contributed by atoms with Crippen molar-refractivity contribution in [1.29, 1.82) is 5.26 Å². The van der Waals surface area contributed by atoms with Crippen molar-refractivity contribution in [3.8, 4) is 28.7 Å². The van der Waals surface area contributed by atoms with E-state index >= 15 is 0 Å². The first-order chi connectivity index (χ1) is 23.6. The molecule has 9 heteroatoms. The number of piperidine rings is 1. The summed E-state index contributed by atoms with van der Waals surface area (Å²) in [5, 5.41) is 21.6. The summed E-state index contributed by atoms with van der Waals surface area (Å²) in [7, 11) is 5.09. The minimum atomic E-state index is -0.845. The number of methoxy groups -OCH3 is 2. The normalized spacial score (nSPS) is 18.0. The standard InChI is InChI=1S/C41H52N4O5/c1-26-27(2)38(46)43(7)24-34(26)30-19-36(49-8)35(37(20-30)50-9)25-44-17-14-41(48,15-18-44)22-29-11-10-12-32-28(3)45(16-13-33(29)32)39(47)31(23-42)21-40(4,5)6/h10-12,19-21,24,28,48H,13-18,22,25H2,1-9H3. The van der Waals surface area contributed by atoms with Gasteiger partial charge in [0, 0.05) is 57.0 Å². The van der Waals surface area contributed by atoms with Crippen LogP contribution in [0.2, 0.25) is 0 Å². The Bertz CT molecular complexity index is 1880. The molecule has 9 nitrogen and oxygen atoms in total. The largest absolute Gasteiger partial charge is 0.496 e. The van der Waals surface area contributed by atoms with Gasteiger partial charge in [0.2, 0.25) is 0 Å². The van der Waals surface area contributed by atoms with E-state index in [1.54, 1.807) is 36.8 Å². The van der Waals surface area contributed by atoms with Crippen LogP contribution in [0.1, 0.15) is 80.0 Å². The highest BCUT2D eigenvalue weighted by Gasteiger charge is 2.36. The Morgan fingerprint density at radius 2 is 1.72 bits per heavy atom. The molecule has 266 valence electrons. The first kappa shape index (κ1) is 36.9. The van der Waals surface area contributed by atoms with Crippen molar-refractivity contribution in [2.24, 2.45) is 12.5 Å². The van der Waals surface area contributed by atoms with Crippen molar-refractivity contribution < 1.29 is 19.4 Å². The number of amides is 1. The molecule has 5 rings (SSSR count). The van der Waals surface area contributed by atoms with Crippen LogP contribution < -0.4 is 15.0 Å². The smallest absolute Gasteiger partial charge is 0.264 e. The van der Waals surface area contributed by atoms with E-state index in [1.807, 2.05) is 65.9 Å². The van der Waals surface area contributed by atoms with Gasteiger partial charge in [-0.1, -0.05) is 45.0 Å². The summed E-state index contributed by atoms with van der Waals surface area (Å²) in [5.41, 5.74) is 6.95. The Morgan fingerprint density at radius 1 is 1.08 bits per heavy atom. The van der Waals surface area contributed by atoms with Crippen LogP contribution >= 0.6 is 0 Å². The molecule has 1 saturated heterocycles. The molecule has 1 fully saturated rings. The minimum Gasteiger partial charge on any atom is -0.496 e. The van der Waals surface area contributed by atoms with Crippen LogP contribution in [0.5, 0.6) is 11.5 Å². The number of benzene rings is 2. The van der Waals surface area contributed by atoms with Gasteiger partial charge in [0.05, 0.1) is 31.4 Å². The number of hydrogen-bond acceptors (Lipinski definition) is 7. The zero-order valence-electron chi connectivity index (χ0n) is 31.1. The first-order valence-corrected chi connectivity index (χ1v) is 17.5. The van der Waals surface area contributed by atoms with Crippen LogP contribution in [0.4, 0.5) is 0 Å². The number of nitrogens with zero attached hydrogens (tertiary/aromatic N) is 4. The average molecular weight is 681 g/mol. The number of likely N-dealkylation sites (tertiary alicyclic amines) is 1. The van der Waals surface area contributed by atoms with E-state index in [0.29, 0.717) is 57.4 Å². The molecule has 2 aliphatic heterocycles. The molecule has 3 heterocycles. The van der Waals surface area contributed by atoms with E-state index in [1.165, 1.54) is 5.56 Å². The van der Waals surface area contributed by atoms with Gasteiger partial charge in [0.1, 0.15) is 23.1 Å². The Kier molecular flexibility index (Phi) is 10.7. The molecular formula is C41H52N4O5. The van der Waals surface area contributed by atoms with E-state index < -0.39 is 5.60 Å². The van der Waals surface area contributed by atoms with Crippen molar-refractivity contribution in [2.75, 3.05) is 33.9 Å². The highest BCUT2D eigenvalue weighted by Crippen LogP contribution is 2.39. The number of aryl methyl sites for hydroxylation is 1. The van der Waals surface area contributed by atoms with Gasteiger partial charge in [0.25, 0.3) is 11.5 Å². The van der Waals surface area contributed by atoms with Gasteiger partial charge in [0.15, 0.2) is 0 Å². The Morgan fingerprint density at radius 3 is 2.30 bits per heavy atom. The van der Waals surface area contributed by atoms with Gasteiger partial charge in [-0.05, 0) is 85.4 Å². The SMILES string of the molecule is COc1cc(-c2cn(C)c(=O)c(C)c2C)cc(OC)c1CN1CCC(O)(Cc2cccc3c2CCN(C(=O)C(C#N)=CC(C)(C)C)C3C)CC1. The quantitative estimate of drug-likeness (QED) is 0.223. The number of fused-ring (bicyclic) bond motifs is 1. The fraction of sp³-hybridized carbons (Fsp3) is 0.488. The number of carbonyl (C=O) groups is 1. The molecule has 0 aliphatic carbocycles. The van der Waals surface area contributed by atoms with E-state index in [2.05, 4.69) is 23.1 Å². The van der Waals surface area contributed by atoms with Crippen molar-refractivity contribution in [1.82, 2.24) is 14.4 Å². The molecule has 0 bridgehead atoms. The molecule has 2 aromatic carbocycles. The number of nitriles is 1. The maximum Gasteiger partial charge on any atom is 0.264 e. The lowest BCUT2D eigenvalue weighted by Crippen LogP contribution is -2.46. The lowest BCUT2D eigenvalue weighted by atomic mass is 9.80. The maximum absolute atomic E-state index is 13.4. The molecule has 0 spiro atoms. The van der Waals surface area contributed by atoms with Gasteiger partial charge < -0.3 is 24.0 Å². The molecule has 0 saturated carbocycles. The number of pyridine rings is 1. The van der Waals surface area contributed by atoms with Crippen LogP contribution in [-0.4, -0.2) is 64.8 Å². The van der Waals surface area contributed by atoms with E-state index in [0.717, 1.165) is 44.9 Å². The van der Waals surface area contributed by atoms with Crippen LogP contribution in [0.15, 0.2) is 53.0 Å². The number of allylic oxidation sites excluding steroid dienone is 1. The summed E-state index contributed by atoms with van der Waals surface area (Å²) in [6, 6.07) is 12.2. The number of carbonyl (C=O) groups excluding carboxylic acids is 1. The van der Waals surface area contributed by atoms with Gasteiger partial charge in [-0.25, -0.2) is 0 Å². The molecule has 3 aromatic rings. The van der Waals surface area contributed by atoms with Gasteiger partial charge in [-0.3, -0.25) is 14.5 Å². The summed E-state index contributed by atoms with van der Waals surface area (Å²) < 4.78 is 13.4. The molecule has 1 unspecified atom stereocenters. The second kappa shape index (κ2) is 14.5. The second-order valence-corrected chi connectivity index (χ2v) is 15.2. The number of aromatic nitrogens is 1. The van der Waals surface area contributed by atoms with E-state index in [-0.39, 0.29) is 28.5 Å². The van der Waals surface area contributed by atoms with Crippen molar-refractivity contribution in [2.45, 2.75) is 85.4 Å². The number of rotatable bonds is 8. The van der Waals surface area contributed by atoms with Crippen LogP contribution in [-0.2, 0) is 31.2 Å². The summed E-state index contributed by atoms with van der Waals surface area (Å²) in [5.74, 6) is 1.22. The predicted octanol–water partition coefficient (Wildman–Crippen LogP) is 6.20. The molecule has 2 aliphatic rings. The third-order valence-corrected chi connectivity index (χ3v) is 10.6. The lowest BCUT2D eigenvalue weighted by molar-refractivity contribution is -0.129. The summed E-state index contributed by atoms with van der Waals surface area (Å²) >= 11 is 0. The van der Waals surface area contributed by atoms with Gasteiger partial charge in [-0.2, -0.15) is 5.26 Å². The zero-order chi connectivity index (χ0) is 36.5. The Hall–Kier alpha value is -4.39. The third-order valence-electron chi connectivity index (χ3n) is 10.6. The Labute approximate surface area is 296 Å². The van der Waals surface area contributed by atoms with Gasteiger partial charge >= 0.3 is 0 Å². The van der Waals surface area contributed by atoms with Crippen LogP contribution in [0.25, 0.3) is 11.1 Å². The minimum absolute atomic E-state index is 0.00784. The first-order valence-electron chi connectivity index (χ1n) is 17.5. The summed E-state index contributed by atoms with van der Waals surface area (Å²) in [6.07, 6.45) is 6.11. The van der Waals surface area contributed by atoms with E-state index in [4.69, 9.17) is 9.47 Å². The Balaban J connectivity index is 1.30. The third kappa shape index (κ3) is 7.52. The summed E-state index contributed by atoms with van der Waals surface area (Å²) in [6.45, 7) is 14.4. The molecule has 50 heavy (non-hydrogen) atoms. The van der Waals surface area contributed by atoms with Crippen molar-refractivity contribution >= 4 is 5.91 Å². The number of hydrogen-bond donors (Lipinski definition) is 1.